The Bertz CT molecular complexity index is 363. The van der Waals surface area contributed by atoms with Crippen LogP contribution in [0.4, 0.5) is 0 Å². The van der Waals surface area contributed by atoms with E-state index in [4.69, 9.17) is 5.11 Å². The SMILES string of the molecule is C[C@H](c1ccccc1)N1CCC[C@@H]1C(=O)O. The quantitative estimate of drug-likeness (QED) is 0.848. The topological polar surface area (TPSA) is 40.5 Å². The third kappa shape index (κ3) is 2.09. The van der Waals surface area contributed by atoms with E-state index in [1.165, 1.54) is 5.56 Å². The van der Waals surface area contributed by atoms with Gasteiger partial charge in [0.15, 0.2) is 0 Å². The maximum atomic E-state index is 11.1. The summed E-state index contributed by atoms with van der Waals surface area (Å²) >= 11 is 0. The van der Waals surface area contributed by atoms with E-state index in [-0.39, 0.29) is 12.1 Å². The maximum absolute atomic E-state index is 11.1. The fraction of sp³-hybridized carbons (Fsp3) is 0.462. The maximum Gasteiger partial charge on any atom is 0.320 e. The molecule has 1 aromatic rings. The molecule has 0 bridgehead atoms. The lowest BCUT2D eigenvalue weighted by Crippen LogP contribution is -2.37. The summed E-state index contributed by atoms with van der Waals surface area (Å²) in [7, 11) is 0. The molecule has 1 aromatic carbocycles. The molecular weight excluding hydrogens is 202 g/mol. The third-order valence-corrected chi connectivity index (χ3v) is 3.36. The number of carboxylic acids is 1. The zero-order valence-corrected chi connectivity index (χ0v) is 9.47. The van der Waals surface area contributed by atoms with Crippen LogP contribution in [0.15, 0.2) is 30.3 Å². The monoisotopic (exact) mass is 219 g/mol. The smallest absolute Gasteiger partial charge is 0.320 e. The van der Waals surface area contributed by atoms with Crippen molar-refractivity contribution >= 4 is 5.97 Å². The molecule has 3 nitrogen and oxygen atoms in total. The molecule has 1 fully saturated rings. The van der Waals surface area contributed by atoms with Crippen LogP contribution in [-0.2, 0) is 4.79 Å². The van der Waals surface area contributed by atoms with Crippen molar-refractivity contribution in [3.63, 3.8) is 0 Å². The number of carbonyl (C=O) groups is 1. The van der Waals surface area contributed by atoms with Gasteiger partial charge in [-0.15, -0.1) is 0 Å². The Morgan fingerprint density at radius 1 is 1.44 bits per heavy atom. The van der Waals surface area contributed by atoms with Gasteiger partial charge >= 0.3 is 5.97 Å². The van der Waals surface area contributed by atoms with E-state index in [2.05, 4.69) is 24.0 Å². The first-order chi connectivity index (χ1) is 7.70. The number of benzene rings is 1. The van der Waals surface area contributed by atoms with Crippen molar-refractivity contribution in [1.82, 2.24) is 4.90 Å². The molecule has 1 N–H and O–H groups in total. The van der Waals surface area contributed by atoms with E-state index >= 15 is 0 Å². The molecular formula is C13H17NO2. The second-order valence-electron chi connectivity index (χ2n) is 4.32. The number of carboxylic acid groups (broad SMARTS) is 1. The van der Waals surface area contributed by atoms with Crippen LogP contribution in [0.2, 0.25) is 0 Å². The van der Waals surface area contributed by atoms with Gasteiger partial charge in [-0.3, -0.25) is 9.69 Å². The number of nitrogens with zero attached hydrogens (tertiary/aromatic N) is 1. The van der Waals surface area contributed by atoms with Crippen molar-refractivity contribution in [3.05, 3.63) is 35.9 Å². The van der Waals surface area contributed by atoms with Crippen LogP contribution in [0.3, 0.4) is 0 Å². The Balaban J connectivity index is 2.15. The number of aliphatic carboxylic acids is 1. The number of rotatable bonds is 3. The lowest BCUT2D eigenvalue weighted by atomic mass is 10.1. The van der Waals surface area contributed by atoms with Crippen molar-refractivity contribution in [2.45, 2.75) is 31.8 Å². The van der Waals surface area contributed by atoms with Gasteiger partial charge in [0.1, 0.15) is 6.04 Å². The fourth-order valence-corrected chi connectivity index (χ4v) is 2.44. The minimum absolute atomic E-state index is 0.185. The Labute approximate surface area is 95.7 Å². The van der Waals surface area contributed by atoms with E-state index < -0.39 is 5.97 Å². The first-order valence-electron chi connectivity index (χ1n) is 5.73. The third-order valence-electron chi connectivity index (χ3n) is 3.36. The average molecular weight is 219 g/mol. The van der Waals surface area contributed by atoms with E-state index in [1.807, 2.05) is 18.2 Å². The summed E-state index contributed by atoms with van der Waals surface area (Å²) in [5.74, 6) is -0.694. The summed E-state index contributed by atoms with van der Waals surface area (Å²) in [4.78, 5) is 13.2. The van der Waals surface area contributed by atoms with E-state index in [0.29, 0.717) is 0 Å². The van der Waals surface area contributed by atoms with Crippen molar-refractivity contribution in [2.24, 2.45) is 0 Å². The predicted molar refractivity (Wildman–Crippen MR) is 62.2 cm³/mol. The van der Waals surface area contributed by atoms with Crippen LogP contribution in [-0.4, -0.2) is 28.6 Å². The highest BCUT2D eigenvalue weighted by Gasteiger charge is 2.33. The van der Waals surface area contributed by atoms with E-state index in [9.17, 15) is 4.79 Å². The summed E-state index contributed by atoms with van der Waals surface area (Å²) in [5.41, 5.74) is 1.19. The molecule has 3 heteroatoms. The van der Waals surface area contributed by atoms with Gasteiger partial charge in [0.2, 0.25) is 0 Å². The molecule has 0 radical (unpaired) electrons. The first-order valence-corrected chi connectivity index (χ1v) is 5.73. The Morgan fingerprint density at radius 2 is 2.12 bits per heavy atom. The van der Waals surface area contributed by atoms with E-state index in [0.717, 1.165) is 19.4 Å². The van der Waals surface area contributed by atoms with Crippen LogP contribution in [0, 0.1) is 0 Å². The van der Waals surface area contributed by atoms with Gasteiger partial charge in [0.05, 0.1) is 0 Å². The molecule has 0 spiro atoms. The summed E-state index contributed by atoms with van der Waals surface area (Å²) < 4.78 is 0. The Kier molecular flexibility index (Phi) is 3.25. The van der Waals surface area contributed by atoms with Crippen LogP contribution in [0.1, 0.15) is 31.4 Å². The fourth-order valence-electron chi connectivity index (χ4n) is 2.44. The highest BCUT2D eigenvalue weighted by molar-refractivity contribution is 5.73. The molecule has 0 saturated carbocycles. The van der Waals surface area contributed by atoms with Crippen molar-refractivity contribution < 1.29 is 9.90 Å². The lowest BCUT2D eigenvalue weighted by Gasteiger charge is -2.28. The summed E-state index contributed by atoms with van der Waals surface area (Å²) in [6.45, 7) is 2.96. The molecule has 1 heterocycles. The van der Waals surface area contributed by atoms with Crippen molar-refractivity contribution in [3.8, 4) is 0 Å². The van der Waals surface area contributed by atoms with Gasteiger partial charge in [-0.25, -0.2) is 0 Å². The predicted octanol–water partition coefficient (Wildman–Crippen LogP) is 2.30. The first kappa shape index (κ1) is 11.1. The highest BCUT2D eigenvalue weighted by atomic mass is 16.4. The number of hydrogen-bond donors (Lipinski definition) is 1. The molecule has 2 atom stereocenters. The number of hydrogen-bond acceptors (Lipinski definition) is 2. The van der Waals surface area contributed by atoms with Gasteiger partial charge in [0, 0.05) is 6.04 Å². The van der Waals surface area contributed by atoms with Crippen LogP contribution >= 0.6 is 0 Å². The second-order valence-corrected chi connectivity index (χ2v) is 4.32. The van der Waals surface area contributed by atoms with Gasteiger partial charge in [-0.2, -0.15) is 0 Å². The Morgan fingerprint density at radius 3 is 2.75 bits per heavy atom. The number of likely N-dealkylation sites (tertiary alicyclic amines) is 1. The largest absolute Gasteiger partial charge is 0.480 e. The molecule has 0 unspecified atom stereocenters. The lowest BCUT2D eigenvalue weighted by molar-refractivity contribution is -0.142. The molecule has 1 aliphatic rings. The summed E-state index contributed by atoms with van der Waals surface area (Å²) in [5, 5.41) is 9.14. The van der Waals surface area contributed by atoms with E-state index in [1.54, 1.807) is 0 Å². The van der Waals surface area contributed by atoms with Crippen LogP contribution < -0.4 is 0 Å². The summed E-state index contributed by atoms with van der Waals surface area (Å²) in [6.07, 6.45) is 1.75. The molecule has 86 valence electrons. The van der Waals surface area contributed by atoms with Crippen molar-refractivity contribution in [1.29, 1.82) is 0 Å². The molecule has 2 rings (SSSR count). The Hall–Kier alpha value is -1.35. The molecule has 1 aliphatic heterocycles. The molecule has 1 saturated heterocycles. The minimum Gasteiger partial charge on any atom is -0.480 e. The van der Waals surface area contributed by atoms with Crippen LogP contribution in [0.25, 0.3) is 0 Å². The zero-order valence-electron chi connectivity index (χ0n) is 9.47. The van der Waals surface area contributed by atoms with Crippen LogP contribution in [0.5, 0.6) is 0 Å². The van der Waals surface area contributed by atoms with Gasteiger partial charge in [-0.1, -0.05) is 30.3 Å². The standard InChI is InChI=1S/C13H17NO2/c1-10(11-6-3-2-4-7-11)14-9-5-8-12(14)13(15)16/h2-4,6-7,10,12H,5,8-9H2,1H3,(H,15,16)/t10-,12-/m1/s1. The summed E-state index contributed by atoms with van der Waals surface area (Å²) in [6, 6.07) is 9.97. The average Bonchev–Trinajstić information content (AvgIpc) is 2.78. The minimum atomic E-state index is -0.694. The molecule has 0 aliphatic carbocycles. The molecule has 0 aromatic heterocycles. The molecule has 16 heavy (non-hydrogen) atoms. The normalized spacial score (nSPS) is 23.2. The van der Waals surface area contributed by atoms with Gasteiger partial charge < -0.3 is 5.11 Å². The second kappa shape index (κ2) is 4.66. The van der Waals surface area contributed by atoms with Gasteiger partial charge in [0.25, 0.3) is 0 Å². The van der Waals surface area contributed by atoms with Crippen molar-refractivity contribution in [2.75, 3.05) is 6.54 Å². The highest BCUT2D eigenvalue weighted by Crippen LogP contribution is 2.28. The zero-order chi connectivity index (χ0) is 11.5. The molecule has 0 amide bonds. The van der Waals surface area contributed by atoms with Gasteiger partial charge in [-0.05, 0) is 31.9 Å².